The molecular weight excluding hydrogens is 434 g/mol. The van der Waals surface area contributed by atoms with Crippen LogP contribution in [0.4, 0.5) is 10.8 Å². The van der Waals surface area contributed by atoms with E-state index >= 15 is 0 Å². The van der Waals surface area contributed by atoms with Crippen LogP contribution < -0.4 is 9.64 Å². The summed E-state index contributed by atoms with van der Waals surface area (Å²) in [6.45, 7) is 0.891. The van der Waals surface area contributed by atoms with Crippen LogP contribution in [0, 0.1) is 5.92 Å². The van der Waals surface area contributed by atoms with Crippen LogP contribution >= 0.6 is 11.3 Å². The Balaban J connectivity index is 1.47. The average molecular weight is 458 g/mol. The molecule has 6 nitrogen and oxygen atoms in total. The van der Waals surface area contributed by atoms with Gasteiger partial charge in [0.1, 0.15) is 5.75 Å². The molecule has 1 saturated heterocycles. The highest BCUT2D eigenvalue weighted by Crippen LogP contribution is 2.37. The first-order valence-electron chi connectivity index (χ1n) is 10.8. The van der Waals surface area contributed by atoms with Crippen LogP contribution in [0.15, 0.2) is 78.9 Å². The Hall–Kier alpha value is -3.71. The predicted octanol–water partition coefficient (Wildman–Crippen LogP) is 5.02. The first-order valence-corrected chi connectivity index (χ1v) is 11.6. The molecule has 0 spiro atoms. The lowest BCUT2D eigenvalue weighted by atomic mass is 10.1. The number of ether oxygens (including phenoxy) is 1. The Morgan fingerprint density at radius 1 is 1.09 bits per heavy atom. The Morgan fingerprint density at radius 2 is 1.88 bits per heavy atom. The fourth-order valence-corrected chi connectivity index (χ4v) is 5.11. The molecule has 166 valence electrons. The minimum absolute atomic E-state index is 0.00732. The number of anilines is 2. The van der Waals surface area contributed by atoms with Crippen LogP contribution in [0.25, 0.3) is 10.2 Å². The van der Waals surface area contributed by atoms with E-state index < -0.39 is 5.92 Å². The number of carbonyl (C=O) groups excluding carboxylic acids is 2. The number of hydrogen-bond acceptors (Lipinski definition) is 5. The number of benzene rings is 3. The highest BCUT2D eigenvalue weighted by Gasteiger charge is 2.38. The van der Waals surface area contributed by atoms with Gasteiger partial charge in [0, 0.05) is 25.6 Å². The van der Waals surface area contributed by atoms with E-state index in [-0.39, 0.29) is 18.2 Å². The number of aromatic nitrogens is 1. The molecule has 0 unspecified atom stereocenters. The lowest BCUT2D eigenvalue weighted by Gasteiger charge is -2.24. The number of fused-ring (bicyclic) bond motifs is 1. The van der Waals surface area contributed by atoms with Gasteiger partial charge in [-0.15, -0.1) is 0 Å². The summed E-state index contributed by atoms with van der Waals surface area (Å²) in [4.78, 5) is 34.7. The number of amides is 2. The first kappa shape index (κ1) is 21.2. The SMILES string of the molecule is COc1cccc(N(C(=O)[C@H]2CC(=O)N(Cc3ccccc3)C2)c2nc3ccccc3s2)c1. The predicted molar refractivity (Wildman–Crippen MR) is 130 cm³/mol. The molecule has 5 rings (SSSR count). The zero-order chi connectivity index (χ0) is 22.8. The van der Waals surface area contributed by atoms with E-state index in [4.69, 9.17) is 9.72 Å². The van der Waals surface area contributed by atoms with Crippen LogP contribution in [-0.2, 0) is 16.1 Å². The Labute approximate surface area is 196 Å². The number of hydrogen-bond donors (Lipinski definition) is 0. The van der Waals surface area contributed by atoms with Crippen molar-refractivity contribution in [3.63, 3.8) is 0 Å². The van der Waals surface area contributed by atoms with E-state index in [1.807, 2.05) is 78.9 Å². The molecule has 2 heterocycles. The number of likely N-dealkylation sites (tertiary alicyclic amines) is 1. The fraction of sp³-hybridized carbons (Fsp3) is 0.192. The summed E-state index contributed by atoms with van der Waals surface area (Å²) in [5.41, 5.74) is 2.56. The molecule has 0 saturated carbocycles. The van der Waals surface area contributed by atoms with Crippen LogP contribution in [-0.4, -0.2) is 35.4 Å². The standard InChI is InChI=1S/C26H23N3O3S/c1-32-21-11-7-10-20(15-21)29(26-27-22-12-5-6-13-23(22)33-26)25(31)19-14-24(30)28(17-19)16-18-8-3-2-4-9-18/h2-13,15,19H,14,16-17H2,1H3/t19-/m0/s1. The summed E-state index contributed by atoms with van der Waals surface area (Å²) in [5.74, 6) is 0.0670. The summed E-state index contributed by atoms with van der Waals surface area (Å²) in [6.07, 6.45) is 0.191. The quantitative estimate of drug-likeness (QED) is 0.408. The summed E-state index contributed by atoms with van der Waals surface area (Å²) < 4.78 is 6.39. The minimum Gasteiger partial charge on any atom is -0.497 e. The lowest BCUT2D eigenvalue weighted by Crippen LogP contribution is -2.34. The second kappa shape index (κ2) is 9.03. The molecule has 4 aromatic rings. The summed E-state index contributed by atoms with van der Waals surface area (Å²) >= 11 is 1.46. The molecule has 2 amide bonds. The van der Waals surface area contributed by atoms with Crippen LogP contribution in [0.2, 0.25) is 0 Å². The third kappa shape index (κ3) is 4.32. The van der Waals surface area contributed by atoms with Crippen molar-refractivity contribution in [2.45, 2.75) is 13.0 Å². The second-order valence-corrected chi connectivity index (χ2v) is 9.01. The van der Waals surface area contributed by atoms with Crippen molar-refractivity contribution < 1.29 is 14.3 Å². The van der Waals surface area contributed by atoms with E-state index in [1.165, 1.54) is 11.3 Å². The highest BCUT2D eigenvalue weighted by atomic mass is 32.1. The van der Waals surface area contributed by atoms with Crippen molar-refractivity contribution in [3.05, 3.63) is 84.4 Å². The van der Waals surface area contributed by atoms with Gasteiger partial charge in [0.05, 0.1) is 28.9 Å². The van der Waals surface area contributed by atoms with Crippen molar-refractivity contribution in [3.8, 4) is 5.75 Å². The van der Waals surface area contributed by atoms with Crippen molar-refractivity contribution in [1.82, 2.24) is 9.88 Å². The van der Waals surface area contributed by atoms with Gasteiger partial charge in [-0.25, -0.2) is 4.98 Å². The maximum absolute atomic E-state index is 13.8. The fourth-order valence-electron chi connectivity index (χ4n) is 4.11. The van der Waals surface area contributed by atoms with Gasteiger partial charge in [-0.2, -0.15) is 0 Å². The van der Waals surface area contributed by atoms with Crippen molar-refractivity contribution in [1.29, 1.82) is 0 Å². The molecule has 1 atom stereocenters. The number of thiazole rings is 1. The maximum atomic E-state index is 13.8. The molecule has 3 aromatic carbocycles. The van der Waals surface area contributed by atoms with Crippen molar-refractivity contribution in [2.24, 2.45) is 5.92 Å². The van der Waals surface area contributed by atoms with Gasteiger partial charge >= 0.3 is 0 Å². The monoisotopic (exact) mass is 457 g/mol. The van der Waals surface area contributed by atoms with Crippen LogP contribution in [0.3, 0.4) is 0 Å². The zero-order valence-corrected chi connectivity index (χ0v) is 19.0. The molecule has 1 fully saturated rings. The number of carbonyl (C=O) groups is 2. The smallest absolute Gasteiger partial charge is 0.238 e. The summed E-state index contributed by atoms with van der Waals surface area (Å²) in [6, 6.07) is 25.0. The van der Waals surface area contributed by atoms with Gasteiger partial charge in [-0.05, 0) is 29.8 Å². The Kier molecular flexibility index (Phi) is 5.79. The average Bonchev–Trinajstić information content (AvgIpc) is 3.43. The summed E-state index contributed by atoms with van der Waals surface area (Å²) in [5, 5.41) is 0.586. The number of para-hydroxylation sites is 1. The third-order valence-corrected chi connectivity index (χ3v) is 6.81. The Morgan fingerprint density at radius 3 is 2.67 bits per heavy atom. The molecule has 1 aliphatic heterocycles. The zero-order valence-electron chi connectivity index (χ0n) is 18.2. The van der Waals surface area contributed by atoms with Crippen LogP contribution in [0.1, 0.15) is 12.0 Å². The molecular formula is C26H23N3O3S. The summed E-state index contributed by atoms with van der Waals surface area (Å²) in [7, 11) is 1.60. The molecule has 0 radical (unpaired) electrons. The Bertz CT molecular complexity index is 1270. The third-order valence-electron chi connectivity index (χ3n) is 5.79. The van der Waals surface area contributed by atoms with Gasteiger partial charge in [0.15, 0.2) is 5.13 Å². The van der Waals surface area contributed by atoms with E-state index in [0.717, 1.165) is 15.8 Å². The minimum atomic E-state index is -0.445. The van der Waals surface area contributed by atoms with E-state index in [9.17, 15) is 9.59 Å². The van der Waals surface area contributed by atoms with Crippen molar-refractivity contribution >= 4 is 44.2 Å². The van der Waals surface area contributed by atoms with Gasteiger partial charge in [-0.1, -0.05) is 59.9 Å². The first-order chi connectivity index (χ1) is 16.1. The molecule has 0 bridgehead atoms. The molecule has 0 aliphatic carbocycles. The number of methoxy groups -OCH3 is 1. The normalized spacial score (nSPS) is 15.7. The van der Waals surface area contributed by atoms with Gasteiger partial charge in [-0.3, -0.25) is 14.5 Å². The largest absolute Gasteiger partial charge is 0.497 e. The highest BCUT2D eigenvalue weighted by molar-refractivity contribution is 7.22. The van der Waals surface area contributed by atoms with E-state index in [0.29, 0.717) is 29.7 Å². The van der Waals surface area contributed by atoms with Gasteiger partial charge in [0.2, 0.25) is 11.8 Å². The van der Waals surface area contributed by atoms with E-state index in [2.05, 4.69) is 0 Å². The molecule has 0 N–H and O–H groups in total. The van der Waals surface area contributed by atoms with Crippen molar-refractivity contribution in [2.75, 3.05) is 18.6 Å². The molecule has 33 heavy (non-hydrogen) atoms. The van der Waals surface area contributed by atoms with E-state index in [1.54, 1.807) is 16.9 Å². The number of rotatable bonds is 6. The molecule has 7 heteroatoms. The molecule has 1 aromatic heterocycles. The van der Waals surface area contributed by atoms with Gasteiger partial charge < -0.3 is 9.64 Å². The lowest BCUT2D eigenvalue weighted by molar-refractivity contribution is -0.128. The van der Waals surface area contributed by atoms with Crippen LogP contribution in [0.5, 0.6) is 5.75 Å². The number of nitrogens with zero attached hydrogens (tertiary/aromatic N) is 3. The molecule has 1 aliphatic rings. The second-order valence-electron chi connectivity index (χ2n) is 8.00. The topological polar surface area (TPSA) is 62.7 Å². The van der Waals surface area contributed by atoms with Gasteiger partial charge in [0.25, 0.3) is 0 Å². The maximum Gasteiger partial charge on any atom is 0.238 e.